The largest absolute Gasteiger partial charge is 0.300 e. The molecule has 2 rings (SSSR count). The van der Waals surface area contributed by atoms with E-state index in [4.69, 9.17) is 0 Å². The summed E-state index contributed by atoms with van der Waals surface area (Å²) < 4.78 is 0. The molecule has 0 bridgehead atoms. The first-order valence-electron chi connectivity index (χ1n) is 4.73. The Labute approximate surface area is 83.4 Å². The van der Waals surface area contributed by atoms with E-state index < -0.39 is 0 Å². The van der Waals surface area contributed by atoms with E-state index in [1.807, 2.05) is 0 Å². The number of hydrogen-bond acceptors (Lipinski definition) is 3. The number of nitrogens with one attached hydrogen (secondary N) is 1. The minimum atomic E-state index is 0.446. The summed E-state index contributed by atoms with van der Waals surface area (Å²) in [5.74, 6) is 2.66. The summed E-state index contributed by atoms with van der Waals surface area (Å²) in [5.41, 5.74) is 0. The fourth-order valence-electron chi connectivity index (χ4n) is 2.05. The topological polar surface area (TPSA) is 12.0 Å². The van der Waals surface area contributed by atoms with Crippen LogP contribution in [0.25, 0.3) is 0 Å². The first-order valence-corrected chi connectivity index (χ1v) is 6.77. The third kappa shape index (κ3) is 1.78. The van der Waals surface area contributed by atoms with E-state index in [-0.39, 0.29) is 0 Å². The third-order valence-electron chi connectivity index (χ3n) is 2.66. The highest BCUT2D eigenvalue weighted by Crippen LogP contribution is 2.44. The smallest absolute Gasteiger partial charge is 0.0749 e. The minimum absolute atomic E-state index is 0.446. The SMILES string of the molecule is CC1CCSC2(CSC(C)C2)N1. The van der Waals surface area contributed by atoms with Gasteiger partial charge in [-0.05, 0) is 25.5 Å². The van der Waals surface area contributed by atoms with Gasteiger partial charge in [-0.15, -0.1) is 11.8 Å². The molecule has 1 nitrogen and oxygen atoms in total. The average molecular weight is 203 g/mol. The quantitative estimate of drug-likeness (QED) is 0.649. The van der Waals surface area contributed by atoms with Crippen LogP contribution in [-0.4, -0.2) is 27.7 Å². The van der Waals surface area contributed by atoms with E-state index in [0.29, 0.717) is 4.87 Å². The molecule has 2 saturated heterocycles. The maximum absolute atomic E-state index is 3.76. The minimum Gasteiger partial charge on any atom is -0.300 e. The summed E-state index contributed by atoms with van der Waals surface area (Å²) in [5, 5.41) is 4.62. The van der Waals surface area contributed by atoms with Gasteiger partial charge in [-0.1, -0.05) is 6.92 Å². The van der Waals surface area contributed by atoms with E-state index >= 15 is 0 Å². The molecule has 2 fully saturated rings. The van der Waals surface area contributed by atoms with Crippen LogP contribution in [0.15, 0.2) is 0 Å². The number of thioether (sulfide) groups is 2. The van der Waals surface area contributed by atoms with Crippen molar-refractivity contribution in [3.63, 3.8) is 0 Å². The van der Waals surface area contributed by atoms with Crippen LogP contribution in [0.5, 0.6) is 0 Å². The molecular weight excluding hydrogens is 186 g/mol. The Morgan fingerprint density at radius 1 is 1.42 bits per heavy atom. The Kier molecular flexibility index (Phi) is 2.64. The second kappa shape index (κ2) is 3.43. The van der Waals surface area contributed by atoms with Gasteiger partial charge in [0.15, 0.2) is 0 Å². The van der Waals surface area contributed by atoms with E-state index in [1.54, 1.807) is 0 Å². The maximum atomic E-state index is 3.76. The first kappa shape index (κ1) is 9.22. The van der Waals surface area contributed by atoms with Crippen LogP contribution in [-0.2, 0) is 0 Å². The van der Waals surface area contributed by atoms with Gasteiger partial charge in [-0.3, -0.25) is 5.32 Å². The zero-order valence-electron chi connectivity index (χ0n) is 7.80. The number of rotatable bonds is 0. The lowest BCUT2D eigenvalue weighted by Crippen LogP contribution is -2.50. The third-order valence-corrected chi connectivity index (χ3v) is 5.66. The van der Waals surface area contributed by atoms with Crippen molar-refractivity contribution in [2.75, 3.05) is 11.5 Å². The highest BCUT2D eigenvalue weighted by Gasteiger charge is 2.41. The molecule has 0 amide bonds. The summed E-state index contributed by atoms with van der Waals surface area (Å²) >= 11 is 4.27. The van der Waals surface area contributed by atoms with E-state index in [2.05, 4.69) is 42.7 Å². The fourth-order valence-corrected chi connectivity index (χ4v) is 5.37. The lowest BCUT2D eigenvalue weighted by Gasteiger charge is -2.37. The molecule has 0 aromatic heterocycles. The molecule has 12 heavy (non-hydrogen) atoms. The molecule has 3 atom stereocenters. The van der Waals surface area contributed by atoms with Crippen molar-refractivity contribution in [3.05, 3.63) is 0 Å². The second-order valence-electron chi connectivity index (χ2n) is 4.00. The normalized spacial score (nSPS) is 48.5. The Morgan fingerprint density at radius 3 is 2.83 bits per heavy atom. The molecule has 70 valence electrons. The fraction of sp³-hybridized carbons (Fsp3) is 1.00. The van der Waals surface area contributed by atoms with Gasteiger partial charge in [-0.2, -0.15) is 11.8 Å². The van der Waals surface area contributed by atoms with Crippen molar-refractivity contribution in [3.8, 4) is 0 Å². The standard InChI is InChI=1S/C9H17NS2/c1-7-3-4-12-9(10-7)5-8(2)11-6-9/h7-8,10H,3-6H2,1-2H3. The molecule has 0 radical (unpaired) electrons. The average Bonchev–Trinajstić information content (AvgIpc) is 2.32. The van der Waals surface area contributed by atoms with Crippen LogP contribution < -0.4 is 5.32 Å². The van der Waals surface area contributed by atoms with Gasteiger partial charge >= 0.3 is 0 Å². The van der Waals surface area contributed by atoms with Gasteiger partial charge in [0.1, 0.15) is 0 Å². The van der Waals surface area contributed by atoms with Crippen LogP contribution in [0.3, 0.4) is 0 Å². The highest BCUT2D eigenvalue weighted by atomic mass is 32.2. The lowest BCUT2D eigenvalue weighted by atomic mass is 10.1. The van der Waals surface area contributed by atoms with E-state index in [0.717, 1.165) is 11.3 Å². The van der Waals surface area contributed by atoms with Crippen LogP contribution in [0.1, 0.15) is 26.7 Å². The molecule has 3 unspecified atom stereocenters. The molecule has 0 aromatic rings. The summed E-state index contributed by atoms with van der Waals surface area (Å²) in [7, 11) is 0. The van der Waals surface area contributed by atoms with Crippen LogP contribution in [0, 0.1) is 0 Å². The molecule has 0 aromatic carbocycles. The predicted octanol–water partition coefficient (Wildman–Crippen LogP) is 2.32. The van der Waals surface area contributed by atoms with Gasteiger partial charge in [0, 0.05) is 17.0 Å². The molecular formula is C9H17NS2. The monoisotopic (exact) mass is 203 g/mol. The molecule has 3 heteroatoms. The lowest BCUT2D eigenvalue weighted by molar-refractivity contribution is 0.407. The molecule has 1 N–H and O–H groups in total. The van der Waals surface area contributed by atoms with Gasteiger partial charge in [0.25, 0.3) is 0 Å². The summed E-state index contributed by atoms with van der Waals surface area (Å²) in [6.07, 6.45) is 2.69. The predicted molar refractivity (Wildman–Crippen MR) is 58.9 cm³/mol. The van der Waals surface area contributed by atoms with Gasteiger partial charge in [-0.25, -0.2) is 0 Å². The van der Waals surface area contributed by atoms with Gasteiger partial charge < -0.3 is 0 Å². The Morgan fingerprint density at radius 2 is 2.25 bits per heavy atom. The molecule has 0 aliphatic carbocycles. The maximum Gasteiger partial charge on any atom is 0.0749 e. The van der Waals surface area contributed by atoms with Crippen molar-refractivity contribution in [2.24, 2.45) is 0 Å². The zero-order chi connectivity index (χ0) is 8.60. The van der Waals surface area contributed by atoms with Crippen LogP contribution >= 0.6 is 23.5 Å². The van der Waals surface area contributed by atoms with E-state index in [1.165, 1.54) is 24.3 Å². The summed E-state index contributed by atoms with van der Waals surface area (Å²) in [4.78, 5) is 0.446. The molecule has 1 spiro atoms. The first-order chi connectivity index (χ1) is 5.70. The summed E-state index contributed by atoms with van der Waals surface area (Å²) in [6.45, 7) is 4.66. The van der Waals surface area contributed by atoms with Gasteiger partial charge in [0.05, 0.1) is 4.87 Å². The molecule has 2 heterocycles. The molecule has 0 saturated carbocycles. The molecule has 2 aliphatic rings. The summed E-state index contributed by atoms with van der Waals surface area (Å²) in [6, 6.07) is 0.733. The Bertz CT molecular complexity index is 170. The number of hydrogen-bond donors (Lipinski definition) is 1. The van der Waals surface area contributed by atoms with Crippen LogP contribution in [0.2, 0.25) is 0 Å². The zero-order valence-corrected chi connectivity index (χ0v) is 9.43. The van der Waals surface area contributed by atoms with Crippen LogP contribution in [0.4, 0.5) is 0 Å². The Hall–Kier alpha value is 0.660. The highest BCUT2D eigenvalue weighted by molar-refractivity contribution is 8.05. The van der Waals surface area contributed by atoms with Crippen molar-refractivity contribution in [1.29, 1.82) is 0 Å². The molecule has 2 aliphatic heterocycles. The second-order valence-corrected chi connectivity index (χ2v) is 6.91. The van der Waals surface area contributed by atoms with Crippen molar-refractivity contribution in [1.82, 2.24) is 5.32 Å². The Balaban J connectivity index is 2.00. The van der Waals surface area contributed by atoms with Crippen molar-refractivity contribution in [2.45, 2.75) is 42.9 Å². The van der Waals surface area contributed by atoms with Crippen molar-refractivity contribution >= 4 is 23.5 Å². The van der Waals surface area contributed by atoms with Gasteiger partial charge in [0.2, 0.25) is 0 Å². The van der Waals surface area contributed by atoms with Crippen molar-refractivity contribution < 1.29 is 0 Å². The van der Waals surface area contributed by atoms with E-state index in [9.17, 15) is 0 Å².